The van der Waals surface area contributed by atoms with E-state index in [4.69, 9.17) is 0 Å². The number of aromatic nitrogens is 2. The molecule has 2 fully saturated rings. The summed E-state index contributed by atoms with van der Waals surface area (Å²) in [5, 5.41) is 3.96. The molecular formula is C23H35N5. The molecule has 0 spiro atoms. The molecule has 1 N–H and O–H groups in total. The van der Waals surface area contributed by atoms with E-state index in [0.29, 0.717) is 6.04 Å². The third kappa shape index (κ3) is 4.58. The summed E-state index contributed by atoms with van der Waals surface area (Å²) in [6, 6.07) is 10.3. The number of imidazole rings is 1. The zero-order chi connectivity index (χ0) is 19.3. The smallest absolute Gasteiger partial charge is 0.110 e. The molecule has 1 aromatic carbocycles. The van der Waals surface area contributed by atoms with E-state index in [1.807, 2.05) is 19.3 Å². The van der Waals surface area contributed by atoms with E-state index in [0.717, 1.165) is 25.0 Å². The third-order valence-electron chi connectivity index (χ3n) is 6.41. The van der Waals surface area contributed by atoms with Crippen molar-refractivity contribution in [1.29, 1.82) is 0 Å². The quantitative estimate of drug-likeness (QED) is 0.829. The first kappa shape index (κ1) is 19.5. The molecule has 0 bridgehead atoms. The molecule has 2 aromatic rings. The molecule has 5 nitrogen and oxygen atoms in total. The molecule has 2 aliphatic heterocycles. The summed E-state index contributed by atoms with van der Waals surface area (Å²) in [6.45, 7) is 10.4. The maximum absolute atomic E-state index is 4.32. The van der Waals surface area contributed by atoms with Gasteiger partial charge in [-0.1, -0.05) is 6.92 Å². The van der Waals surface area contributed by atoms with Crippen LogP contribution < -0.4 is 10.2 Å². The molecule has 4 rings (SSSR count). The van der Waals surface area contributed by atoms with Gasteiger partial charge in [0.1, 0.15) is 5.82 Å². The van der Waals surface area contributed by atoms with Gasteiger partial charge >= 0.3 is 0 Å². The predicted octanol–water partition coefficient (Wildman–Crippen LogP) is 3.61. The van der Waals surface area contributed by atoms with Crippen LogP contribution in [0.15, 0.2) is 36.7 Å². The van der Waals surface area contributed by atoms with Crippen molar-refractivity contribution < 1.29 is 0 Å². The second-order valence-electron chi connectivity index (χ2n) is 8.40. The Bertz CT molecular complexity index is 722. The van der Waals surface area contributed by atoms with E-state index in [-0.39, 0.29) is 0 Å². The fourth-order valence-electron chi connectivity index (χ4n) is 4.75. The molecular weight excluding hydrogens is 346 g/mol. The van der Waals surface area contributed by atoms with Crippen LogP contribution in [0, 0.1) is 6.92 Å². The number of hydrogen-bond acceptors (Lipinski definition) is 4. The predicted molar refractivity (Wildman–Crippen MR) is 116 cm³/mol. The average molecular weight is 382 g/mol. The highest BCUT2D eigenvalue weighted by Gasteiger charge is 2.24. The minimum atomic E-state index is 0.687. The highest BCUT2D eigenvalue weighted by molar-refractivity contribution is 5.51. The average Bonchev–Trinajstić information content (AvgIpc) is 3.16. The third-order valence-corrected chi connectivity index (χ3v) is 6.41. The zero-order valence-electron chi connectivity index (χ0n) is 17.5. The van der Waals surface area contributed by atoms with Crippen LogP contribution in [0.2, 0.25) is 0 Å². The van der Waals surface area contributed by atoms with Gasteiger partial charge < -0.3 is 19.7 Å². The Morgan fingerprint density at radius 1 is 0.929 bits per heavy atom. The highest BCUT2D eigenvalue weighted by atomic mass is 15.2. The Kier molecular flexibility index (Phi) is 6.33. The molecule has 5 heteroatoms. The van der Waals surface area contributed by atoms with E-state index >= 15 is 0 Å². The van der Waals surface area contributed by atoms with E-state index in [1.165, 1.54) is 63.1 Å². The van der Waals surface area contributed by atoms with Crippen LogP contribution in [-0.4, -0.2) is 59.3 Å². The molecule has 0 radical (unpaired) electrons. The van der Waals surface area contributed by atoms with Crippen molar-refractivity contribution in [2.24, 2.45) is 0 Å². The highest BCUT2D eigenvalue weighted by Crippen LogP contribution is 2.23. The lowest BCUT2D eigenvalue weighted by Crippen LogP contribution is -2.50. The molecule has 0 unspecified atom stereocenters. The summed E-state index contributed by atoms with van der Waals surface area (Å²) in [7, 11) is 0. The topological polar surface area (TPSA) is 36.3 Å². The first-order chi connectivity index (χ1) is 13.7. The summed E-state index contributed by atoms with van der Waals surface area (Å²) >= 11 is 0. The van der Waals surface area contributed by atoms with Crippen LogP contribution >= 0.6 is 0 Å². The standard InChI is InChI=1S/C23H35N5/c1-3-13-26-14-8-20(9-15-26)25-21-10-16-27(17-11-21)22-4-6-23(7-5-22)28-18-12-24-19(28)2/h4-7,12,18,20-21,25H,3,8-11,13-17H2,1-2H3. The lowest BCUT2D eigenvalue weighted by Gasteiger charge is -2.38. The number of rotatable bonds is 6. The minimum absolute atomic E-state index is 0.687. The maximum Gasteiger partial charge on any atom is 0.110 e. The maximum atomic E-state index is 4.32. The number of benzene rings is 1. The number of aryl methyl sites for hydroxylation is 1. The summed E-state index contributed by atoms with van der Waals surface area (Å²) in [4.78, 5) is 9.47. The van der Waals surface area contributed by atoms with Crippen LogP contribution in [0.3, 0.4) is 0 Å². The number of anilines is 1. The van der Waals surface area contributed by atoms with Crippen molar-refractivity contribution in [3.05, 3.63) is 42.5 Å². The lowest BCUT2D eigenvalue weighted by molar-refractivity contribution is 0.187. The summed E-state index contributed by atoms with van der Waals surface area (Å²) in [5.74, 6) is 1.03. The Hall–Kier alpha value is -1.85. The van der Waals surface area contributed by atoms with Gasteiger partial charge in [-0.3, -0.25) is 0 Å². The first-order valence-electron chi connectivity index (χ1n) is 11.1. The van der Waals surface area contributed by atoms with Gasteiger partial charge in [0.05, 0.1) is 0 Å². The second-order valence-corrected chi connectivity index (χ2v) is 8.40. The number of piperidine rings is 2. The van der Waals surface area contributed by atoms with E-state index in [1.54, 1.807) is 0 Å². The van der Waals surface area contributed by atoms with E-state index in [9.17, 15) is 0 Å². The molecule has 1 aromatic heterocycles. The fraction of sp³-hybridized carbons (Fsp3) is 0.609. The van der Waals surface area contributed by atoms with Crippen molar-refractivity contribution in [1.82, 2.24) is 19.8 Å². The lowest BCUT2D eigenvalue weighted by atomic mass is 9.99. The molecule has 0 atom stereocenters. The SMILES string of the molecule is CCCN1CCC(NC2CCN(c3ccc(-n4ccnc4C)cc3)CC2)CC1. The molecule has 2 aliphatic rings. The van der Waals surface area contributed by atoms with Crippen molar-refractivity contribution in [3.63, 3.8) is 0 Å². The summed E-state index contributed by atoms with van der Waals surface area (Å²) < 4.78 is 2.13. The van der Waals surface area contributed by atoms with Crippen LogP contribution in [-0.2, 0) is 0 Å². The molecule has 2 saturated heterocycles. The van der Waals surface area contributed by atoms with Crippen LogP contribution in [0.5, 0.6) is 0 Å². The van der Waals surface area contributed by atoms with Gasteiger partial charge in [0.15, 0.2) is 0 Å². The van der Waals surface area contributed by atoms with E-state index < -0.39 is 0 Å². The fourth-order valence-corrected chi connectivity index (χ4v) is 4.75. The number of nitrogens with one attached hydrogen (secondary N) is 1. The summed E-state index contributed by atoms with van der Waals surface area (Å²) in [5.41, 5.74) is 2.53. The first-order valence-corrected chi connectivity index (χ1v) is 11.1. The van der Waals surface area contributed by atoms with Gasteiger partial charge in [-0.15, -0.1) is 0 Å². The summed E-state index contributed by atoms with van der Waals surface area (Å²) in [6.07, 6.45) is 10.3. The monoisotopic (exact) mass is 381 g/mol. The Morgan fingerprint density at radius 2 is 1.54 bits per heavy atom. The van der Waals surface area contributed by atoms with Gasteiger partial charge in [0.25, 0.3) is 0 Å². The number of nitrogens with zero attached hydrogens (tertiary/aromatic N) is 4. The normalized spacial score (nSPS) is 20.0. The van der Waals surface area contributed by atoms with E-state index in [2.05, 4.69) is 55.9 Å². The van der Waals surface area contributed by atoms with Gasteiger partial charge in [0, 0.05) is 48.9 Å². The zero-order valence-corrected chi connectivity index (χ0v) is 17.5. The van der Waals surface area contributed by atoms with Gasteiger partial charge in [-0.05, 0) is 82.9 Å². The van der Waals surface area contributed by atoms with Crippen molar-refractivity contribution in [3.8, 4) is 5.69 Å². The minimum Gasteiger partial charge on any atom is -0.371 e. The van der Waals surface area contributed by atoms with Crippen LogP contribution in [0.4, 0.5) is 5.69 Å². The van der Waals surface area contributed by atoms with Crippen molar-refractivity contribution in [2.75, 3.05) is 37.6 Å². The number of hydrogen-bond donors (Lipinski definition) is 1. The Morgan fingerprint density at radius 3 is 2.11 bits per heavy atom. The Labute approximate surface area is 169 Å². The number of likely N-dealkylation sites (tertiary alicyclic amines) is 1. The van der Waals surface area contributed by atoms with Crippen LogP contribution in [0.1, 0.15) is 44.9 Å². The van der Waals surface area contributed by atoms with Crippen molar-refractivity contribution in [2.45, 2.75) is 58.0 Å². The van der Waals surface area contributed by atoms with Gasteiger partial charge in [-0.25, -0.2) is 4.98 Å². The molecule has 0 saturated carbocycles. The molecule has 28 heavy (non-hydrogen) atoms. The second kappa shape index (κ2) is 9.10. The molecule has 3 heterocycles. The van der Waals surface area contributed by atoms with Gasteiger partial charge in [0.2, 0.25) is 0 Å². The Balaban J connectivity index is 1.25. The van der Waals surface area contributed by atoms with Crippen LogP contribution in [0.25, 0.3) is 5.69 Å². The molecule has 152 valence electrons. The van der Waals surface area contributed by atoms with Gasteiger partial charge in [-0.2, -0.15) is 0 Å². The van der Waals surface area contributed by atoms with Crippen molar-refractivity contribution >= 4 is 5.69 Å². The largest absolute Gasteiger partial charge is 0.371 e. The molecule has 0 amide bonds. The molecule has 0 aliphatic carbocycles.